The molecule has 0 saturated heterocycles. The van der Waals surface area contributed by atoms with Crippen LogP contribution in [0.3, 0.4) is 0 Å². The molecule has 0 bridgehead atoms. The molecule has 0 amide bonds. The van der Waals surface area contributed by atoms with Gasteiger partial charge in [-0.2, -0.15) is 8.42 Å². The van der Waals surface area contributed by atoms with Gasteiger partial charge in [0.15, 0.2) is 0 Å². The summed E-state index contributed by atoms with van der Waals surface area (Å²) in [6, 6.07) is 35.9. The summed E-state index contributed by atoms with van der Waals surface area (Å²) in [5.41, 5.74) is 14.9. The Hall–Kier alpha value is -3.18. The van der Waals surface area contributed by atoms with Crippen molar-refractivity contribution in [3.8, 4) is 0 Å². The van der Waals surface area contributed by atoms with Gasteiger partial charge in [-0.05, 0) is 41.3 Å². The fraction of sp³-hybridized carbons (Fsp3) is 0.0769. The van der Waals surface area contributed by atoms with Crippen molar-refractivity contribution < 1.29 is 13.0 Å². The highest BCUT2D eigenvalue weighted by molar-refractivity contribution is 7.86. The lowest BCUT2D eigenvalue weighted by Crippen LogP contribution is -2.22. The summed E-state index contributed by atoms with van der Waals surface area (Å²) in [5, 5.41) is -0.0934. The van der Waals surface area contributed by atoms with Crippen molar-refractivity contribution in [2.75, 3.05) is 11.5 Å². The molecule has 0 heterocycles. The SMILES string of the molecule is Nc1ccc(S(=O)(=O)O)c(N)c1.PC(Cc1ccccc1)(c1ccccc1)c1ccccc1. The molecule has 33 heavy (non-hydrogen) atoms. The first kappa shape index (κ1) is 24.5. The second kappa shape index (κ2) is 10.6. The van der Waals surface area contributed by atoms with E-state index in [4.69, 9.17) is 16.0 Å². The predicted molar refractivity (Wildman–Crippen MR) is 139 cm³/mol. The van der Waals surface area contributed by atoms with Gasteiger partial charge in [-0.1, -0.05) is 91.0 Å². The fourth-order valence-corrected chi connectivity index (χ4v) is 4.78. The minimum atomic E-state index is -4.23. The molecule has 0 fully saturated rings. The van der Waals surface area contributed by atoms with Crippen molar-refractivity contribution in [1.29, 1.82) is 0 Å². The molecule has 4 aromatic carbocycles. The van der Waals surface area contributed by atoms with Crippen LogP contribution in [0.5, 0.6) is 0 Å². The van der Waals surface area contributed by atoms with E-state index in [2.05, 4.69) is 100 Å². The highest BCUT2D eigenvalue weighted by atomic mass is 32.2. The molecule has 5 nitrogen and oxygen atoms in total. The molecule has 0 aliphatic rings. The molecule has 4 rings (SSSR count). The van der Waals surface area contributed by atoms with E-state index in [0.29, 0.717) is 5.69 Å². The molecule has 0 aromatic heterocycles. The third-order valence-electron chi connectivity index (χ3n) is 5.22. The molecule has 170 valence electrons. The van der Waals surface area contributed by atoms with Crippen molar-refractivity contribution in [2.24, 2.45) is 0 Å². The maximum absolute atomic E-state index is 10.6. The molecular formula is C26H27N2O3PS. The van der Waals surface area contributed by atoms with Gasteiger partial charge < -0.3 is 11.5 Å². The summed E-state index contributed by atoms with van der Waals surface area (Å²) in [7, 11) is -1.14. The molecule has 1 atom stereocenters. The average Bonchev–Trinajstić information content (AvgIpc) is 2.80. The van der Waals surface area contributed by atoms with E-state index < -0.39 is 10.1 Å². The van der Waals surface area contributed by atoms with Crippen LogP contribution in [0.2, 0.25) is 0 Å². The van der Waals surface area contributed by atoms with Gasteiger partial charge in [0, 0.05) is 10.8 Å². The highest BCUT2D eigenvalue weighted by Gasteiger charge is 2.29. The maximum atomic E-state index is 10.6. The predicted octanol–water partition coefficient (Wildman–Crippen LogP) is 5.15. The average molecular weight is 479 g/mol. The van der Waals surface area contributed by atoms with Gasteiger partial charge in [-0.3, -0.25) is 4.55 Å². The molecule has 5 N–H and O–H groups in total. The van der Waals surface area contributed by atoms with Crippen LogP contribution in [0.4, 0.5) is 11.4 Å². The molecule has 1 unspecified atom stereocenters. The summed E-state index contributed by atoms with van der Waals surface area (Å²) in [4.78, 5) is -0.322. The minimum absolute atomic E-state index is 0.0579. The van der Waals surface area contributed by atoms with Crippen molar-refractivity contribution >= 4 is 30.7 Å². The van der Waals surface area contributed by atoms with Crippen LogP contribution in [0, 0.1) is 0 Å². The summed E-state index contributed by atoms with van der Waals surface area (Å²) < 4.78 is 29.8. The van der Waals surface area contributed by atoms with Gasteiger partial charge in [0.25, 0.3) is 10.1 Å². The van der Waals surface area contributed by atoms with Crippen molar-refractivity contribution in [3.05, 3.63) is 126 Å². The fourth-order valence-electron chi connectivity index (χ4n) is 3.56. The van der Waals surface area contributed by atoms with Crippen LogP contribution in [0.25, 0.3) is 0 Å². The van der Waals surface area contributed by atoms with E-state index in [0.717, 1.165) is 12.5 Å². The first-order chi connectivity index (χ1) is 15.7. The van der Waals surface area contributed by atoms with E-state index in [1.165, 1.54) is 28.8 Å². The Morgan fingerprint density at radius 3 is 1.61 bits per heavy atom. The number of benzene rings is 4. The lowest BCUT2D eigenvalue weighted by Gasteiger charge is -2.31. The molecule has 0 aliphatic heterocycles. The summed E-state index contributed by atoms with van der Waals surface area (Å²) in [5.74, 6) is 0. The summed E-state index contributed by atoms with van der Waals surface area (Å²) in [6.07, 6.45) is 0.965. The second-order valence-corrected chi connectivity index (χ2v) is 10.0. The Morgan fingerprint density at radius 2 is 1.18 bits per heavy atom. The van der Waals surface area contributed by atoms with Crippen molar-refractivity contribution in [2.45, 2.75) is 16.5 Å². The number of hydrogen-bond acceptors (Lipinski definition) is 4. The van der Waals surface area contributed by atoms with Crippen LogP contribution >= 0.6 is 9.24 Å². The molecular weight excluding hydrogens is 451 g/mol. The van der Waals surface area contributed by atoms with Gasteiger partial charge in [-0.15, -0.1) is 9.24 Å². The van der Waals surface area contributed by atoms with Crippen LogP contribution < -0.4 is 11.5 Å². The molecule has 0 aliphatic carbocycles. The van der Waals surface area contributed by atoms with Crippen LogP contribution in [-0.4, -0.2) is 13.0 Å². The minimum Gasteiger partial charge on any atom is -0.399 e. The van der Waals surface area contributed by atoms with Gasteiger partial charge in [0.1, 0.15) is 4.90 Å². The Bertz CT molecular complexity index is 1240. The maximum Gasteiger partial charge on any atom is 0.296 e. The van der Waals surface area contributed by atoms with E-state index in [1.807, 2.05) is 0 Å². The Balaban J connectivity index is 0.000000218. The monoisotopic (exact) mass is 478 g/mol. The molecule has 0 saturated carbocycles. The lowest BCUT2D eigenvalue weighted by molar-refractivity contribution is 0.483. The molecule has 0 radical (unpaired) electrons. The normalized spacial score (nSPS) is 11.3. The zero-order chi connectivity index (χ0) is 23.9. The summed E-state index contributed by atoms with van der Waals surface area (Å²) in [6.45, 7) is 0. The van der Waals surface area contributed by atoms with Gasteiger partial charge in [0.2, 0.25) is 0 Å². The summed E-state index contributed by atoms with van der Waals surface area (Å²) >= 11 is 0. The Kier molecular flexibility index (Phi) is 7.88. The van der Waals surface area contributed by atoms with Crippen LogP contribution in [0.1, 0.15) is 16.7 Å². The first-order valence-electron chi connectivity index (χ1n) is 10.3. The largest absolute Gasteiger partial charge is 0.399 e. The lowest BCUT2D eigenvalue weighted by atomic mass is 9.85. The van der Waals surface area contributed by atoms with Gasteiger partial charge in [0.05, 0.1) is 5.69 Å². The Labute approximate surface area is 197 Å². The number of hydrogen-bond donors (Lipinski definition) is 3. The zero-order valence-electron chi connectivity index (χ0n) is 18.0. The topological polar surface area (TPSA) is 106 Å². The third-order valence-corrected chi connectivity index (χ3v) is 7.01. The Morgan fingerprint density at radius 1 is 0.727 bits per heavy atom. The third kappa shape index (κ3) is 6.42. The number of nitrogen functional groups attached to an aromatic ring is 2. The number of rotatable bonds is 5. The van der Waals surface area contributed by atoms with Gasteiger partial charge in [-0.25, -0.2) is 0 Å². The van der Waals surface area contributed by atoms with E-state index in [9.17, 15) is 8.42 Å². The first-order valence-corrected chi connectivity index (χ1v) is 12.3. The number of nitrogens with two attached hydrogens (primary N) is 2. The standard InChI is InChI=1S/C20H19P.C6H8N2O3S/c21-20(18-12-6-2-7-13-18,19-14-8-3-9-15-19)16-17-10-4-1-5-11-17;7-4-1-2-6(5(8)3-4)12(9,10)11/h1-15H,16,21H2;1-3H,7-8H2,(H,9,10,11). The molecule has 4 aromatic rings. The van der Waals surface area contributed by atoms with Crippen LogP contribution in [0.15, 0.2) is 114 Å². The highest BCUT2D eigenvalue weighted by Crippen LogP contribution is 2.41. The van der Waals surface area contributed by atoms with E-state index >= 15 is 0 Å². The van der Waals surface area contributed by atoms with E-state index in [1.54, 1.807) is 0 Å². The van der Waals surface area contributed by atoms with Crippen molar-refractivity contribution in [1.82, 2.24) is 0 Å². The van der Waals surface area contributed by atoms with E-state index in [-0.39, 0.29) is 15.7 Å². The second-order valence-electron chi connectivity index (χ2n) is 7.64. The van der Waals surface area contributed by atoms with Crippen LogP contribution in [-0.2, 0) is 21.7 Å². The zero-order valence-corrected chi connectivity index (χ0v) is 20.0. The van der Waals surface area contributed by atoms with Gasteiger partial charge >= 0.3 is 0 Å². The van der Waals surface area contributed by atoms with Crippen molar-refractivity contribution in [3.63, 3.8) is 0 Å². The smallest absolute Gasteiger partial charge is 0.296 e. The molecule has 7 heteroatoms. The quantitative estimate of drug-likeness (QED) is 0.209. The molecule has 0 spiro atoms. The number of anilines is 2.